The van der Waals surface area contributed by atoms with Crippen molar-refractivity contribution in [1.29, 1.82) is 0 Å². The van der Waals surface area contributed by atoms with E-state index < -0.39 is 0 Å². The minimum atomic E-state index is 0.505. The fraction of sp³-hybridized carbons (Fsp3) is 1.00. The Kier molecular flexibility index (Phi) is 4.22. The molecule has 1 aliphatic carbocycles. The zero-order valence-electron chi connectivity index (χ0n) is 11.7. The van der Waals surface area contributed by atoms with Crippen LogP contribution in [0.4, 0.5) is 0 Å². The Balaban J connectivity index is 1.50. The molecular formula is C15H28N2O. The Morgan fingerprint density at radius 3 is 2.89 bits per heavy atom. The van der Waals surface area contributed by atoms with Crippen molar-refractivity contribution >= 4 is 0 Å². The molecule has 0 amide bonds. The standard InChI is InChI=1S/C15H28N2O/c1-2-17(10-13-6-4-8-18-13)11-15-14-7-3-5-12(14)9-16-15/h12-16H,2-11H2,1H3. The van der Waals surface area contributed by atoms with Gasteiger partial charge in [-0.15, -0.1) is 0 Å². The molecule has 18 heavy (non-hydrogen) atoms. The summed E-state index contributed by atoms with van der Waals surface area (Å²) in [5, 5.41) is 3.77. The minimum Gasteiger partial charge on any atom is -0.377 e. The van der Waals surface area contributed by atoms with Gasteiger partial charge in [0.15, 0.2) is 0 Å². The summed E-state index contributed by atoms with van der Waals surface area (Å²) in [5.74, 6) is 1.94. The number of nitrogens with one attached hydrogen (secondary N) is 1. The van der Waals surface area contributed by atoms with Crippen LogP contribution in [0.5, 0.6) is 0 Å². The van der Waals surface area contributed by atoms with Gasteiger partial charge in [0.25, 0.3) is 0 Å². The second kappa shape index (κ2) is 5.89. The molecule has 0 bridgehead atoms. The number of hydrogen-bond acceptors (Lipinski definition) is 3. The Morgan fingerprint density at radius 1 is 1.17 bits per heavy atom. The normalized spacial score (nSPS) is 39.7. The van der Waals surface area contributed by atoms with Gasteiger partial charge in [0.05, 0.1) is 6.10 Å². The summed E-state index contributed by atoms with van der Waals surface area (Å²) in [6.45, 7) is 8.08. The third kappa shape index (κ3) is 2.73. The maximum absolute atomic E-state index is 5.77. The number of nitrogens with zero attached hydrogens (tertiary/aromatic N) is 1. The molecule has 2 heterocycles. The van der Waals surface area contributed by atoms with Crippen LogP contribution in [0, 0.1) is 11.8 Å². The van der Waals surface area contributed by atoms with E-state index in [9.17, 15) is 0 Å². The highest BCUT2D eigenvalue weighted by Gasteiger charge is 2.39. The Hall–Kier alpha value is -0.120. The van der Waals surface area contributed by atoms with E-state index in [-0.39, 0.29) is 0 Å². The van der Waals surface area contributed by atoms with Crippen LogP contribution in [0.2, 0.25) is 0 Å². The van der Waals surface area contributed by atoms with E-state index >= 15 is 0 Å². The molecule has 4 atom stereocenters. The lowest BCUT2D eigenvalue weighted by molar-refractivity contribution is 0.0702. The Morgan fingerprint density at radius 2 is 2.11 bits per heavy atom. The average molecular weight is 252 g/mol. The maximum atomic E-state index is 5.77. The first-order chi connectivity index (χ1) is 8.86. The number of fused-ring (bicyclic) bond motifs is 1. The highest BCUT2D eigenvalue weighted by Crippen LogP contribution is 2.37. The van der Waals surface area contributed by atoms with Crippen LogP contribution >= 0.6 is 0 Å². The zero-order chi connectivity index (χ0) is 12.4. The first kappa shape index (κ1) is 12.9. The summed E-state index contributed by atoms with van der Waals surface area (Å²) in [5.41, 5.74) is 0. The van der Waals surface area contributed by atoms with Crippen molar-refractivity contribution in [1.82, 2.24) is 10.2 Å². The van der Waals surface area contributed by atoms with E-state index in [0.29, 0.717) is 6.10 Å². The average Bonchev–Trinajstić information content (AvgIpc) is 3.06. The fourth-order valence-corrected chi connectivity index (χ4v) is 4.19. The number of hydrogen-bond donors (Lipinski definition) is 1. The van der Waals surface area contributed by atoms with Crippen molar-refractivity contribution in [2.24, 2.45) is 11.8 Å². The maximum Gasteiger partial charge on any atom is 0.0702 e. The summed E-state index contributed by atoms with van der Waals surface area (Å²) < 4.78 is 5.77. The van der Waals surface area contributed by atoms with E-state index in [0.717, 1.165) is 37.6 Å². The van der Waals surface area contributed by atoms with Crippen LogP contribution in [0.3, 0.4) is 0 Å². The minimum absolute atomic E-state index is 0.505. The third-order valence-corrected chi connectivity index (χ3v) is 5.26. The predicted octanol–water partition coefficient (Wildman–Crippen LogP) is 1.88. The molecule has 3 rings (SSSR count). The summed E-state index contributed by atoms with van der Waals surface area (Å²) in [6, 6.07) is 0.749. The van der Waals surface area contributed by atoms with Crippen LogP contribution in [-0.4, -0.2) is 49.8 Å². The Bertz CT molecular complexity index is 265. The van der Waals surface area contributed by atoms with Crippen molar-refractivity contribution in [3.05, 3.63) is 0 Å². The van der Waals surface area contributed by atoms with Gasteiger partial charge in [0.2, 0.25) is 0 Å². The van der Waals surface area contributed by atoms with Crippen molar-refractivity contribution in [2.75, 3.05) is 32.8 Å². The lowest BCUT2D eigenvalue weighted by Crippen LogP contribution is -2.43. The molecule has 3 heteroatoms. The van der Waals surface area contributed by atoms with Gasteiger partial charge in [0, 0.05) is 25.7 Å². The number of likely N-dealkylation sites (N-methyl/N-ethyl adjacent to an activating group) is 1. The molecule has 3 fully saturated rings. The van der Waals surface area contributed by atoms with Gasteiger partial charge in [-0.25, -0.2) is 0 Å². The van der Waals surface area contributed by atoms with Crippen molar-refractivity contribution in [2.45, 2.75) is 51.2 Å². The van der Waals surface area contributed by atoms with Crippen LogP contribution in [0.15, 0.2) is 0 Å². The highest BCUT2D eigenvalue weighted by molar-refractivity contribution is 4.95. The van der Waals surface area contributed by atoms with Gasteiger partial charge in [-0.1, -0.05) is 13.3 Å². The second-order valence-electron chi connectivity index (χ2n) is 6.36. The summed E-state index contributed by atoms with van der Waals surface area (Å²) in [4.78, 5) is 2.61. The summed E-state index contributed by atoms with van der Waals surface area (Å²) in [7, 11) is 0. The lowest BCUT2D eigenvalue weighted by atomic mass is 9.94. The topological polar surface area (TPSA) is 24.5 Å². The largest absolute Gasteiger partial charge is 0.377 e. The predicted molar refractivity (Wildman–Crippen MR) is 73.7 cm³/mol. The van der Waals surface area contributed by atoms with Crippen LogP contribution in [0.25, 0.3) is 0 Å². The van der Waals surface area contributed by atoms with Gasteiger partial charge in [-0.2, -0.15) is 0 Å². The van der Waals surface area contributed by atoms with Crippen molar-refractivity contribution in [3.8, 4) is 0 Å². The molecule has 0 radical (unpaired) electrons. The molecule has 0 aromatic rings. The van der Waals surface area contributed by atoms with Gasteiger partial charge in [-0.3, -0.25) is 4.90 Å². The zero-order valence-corrected chi connectivity index (χ0v) is 11.7. The molecule has 2 saturated heterocycles. The Labute approximate surface area is 111 Å². The van der Waals surface area contributed by atoms with Crippen molar-refractivity contribution in [3.63, 3.8) is 0 Å². The molecule has 2 aliphatic heterocycles. The summed E-state index contributed by atoms with van der Waals surface area (Å²) >= 11 is 0. The fourth-order valence-electron chi connectivity index (χ4n) is 4.19. The van der Waals surface area contributed by atoms with Crippen molar-refractivity contribution < 1.29 is 4.74 Å². The second-order valence-corrected chi connectivity index (χ2v) is 6.36. The first-order valence-electron chi connectivity index (χ1n) is 7.94. The van der Waals surface area contributed by atoms with E-state index in [1.165, 1.54) is 45.2 Å². The quantitative estimate of drug-likeness (QED) is 0.808. The van der Waals surface area contributed by atoms with Gasteiger partial charge < -0.3 is 10.1 Å². The monoisotopic (exact) mass is 252 g/mol. The molecule has 0 spiro atoms. The molecule has 0 aromatic carbocycles. The molecule has 0 aromatic heterocycles. The van der Waals surface area contributed by atoms with E-state index in [4.69, 9.17) is 4.74 Å². The van der Waals surface area contributed by atoms with Crippen LogP contribution < -0.4 is 5.32 Å². The molecule has 3 aliphatic rings. The third-order valence-electron chi connectivity index (χ3n) is 5.26. The van der Waals surface area contributed by atoms with Gasteiger partial charge in [-0.05, 0) is 50.6 Å². The number of ether oxygens (including phenoxy) is 1. The van der Waals surface area contributed by atoms with E-state index in [1.807, 2.05) is 0 Å². The van der Waals surface area contributed by atoms with E-state index in [2.05, 4.69) is 17.1 Å². The number of rotatable bonds is 5. The molecule has 1 saturated carbocycles. The van der Waals surface area contributed by atoms with Gasteiger partial charge in [0.1, 0.15) is 0 Å². The molecule has 4 unspecified atom stereocenters. The lowest BCUT2D eigenvalue weighted by Gasteiger charge is -2.29. The van der Waals surface area contributed by atoms with Gasteiger partial charge >= 0.3 is 0 Å². The summed E-state index contributed by atoms with van der Waals surface area (Å²) in [6.07, 6.45) is 7.41. The molecular weight excluding hydrogens is 224 g/mol. The SMILES string of the molecule is CCN(CC1CCCO1)CC1NCC2CCCC21. The first-order valence-corrected chi connectivity index (χ1v) is 7.94. The molecule has 3 nitrogen and oxygen atoms in total. The highest BCUT2D eigenvalue weighted by atomic mass is 16.5. The van der Waals surface area contributed by atoms with Crippen LogP contribution in [-0.2, 0) is 4.74 Å². The molecule has 1 N–H and O–H groups in total. The van der Waals surface area contributed by atoms with Crippen LogP contribution in [0.1, 0.15) is 39.0 Å². The smallest absolute Gasteiger partial charge is 0.0702 e. The molecule has 104 valence electrons. The van der Waals surface area contributed by atoms with E-state index in [1.54, 1.807) is 0 Å².